The molecule has 0 saturated carbocycles. The average molecular weight is 447 g/mol. The lowest BCUT2D eigenvalue weighted by atomic mass is 10.0. The first-order valence-electron chi connectivity index (χ1n) is 9.95. The highest BCUT2D eigenvalue weighted by Gasteiger charge is 2.28. The maximum atomic E-state index is 12.2. The molecule has 9 nitrogen and oxygen atoms in total. The second-order valence-corrected chi connectivity index (χ2v) is 9.44. The molecule has 10 heteroatoms. The third-order valence-corrected chi connectivity index (χ3v) is 5.53. The molecule has 31 heavy (non-hydrogen) atoms. The molecular formula is C21H26N4O5S. The average Bonchev–Trinajstić information content (AvgIpc) is 2.97. The van der Waals surface area contributed by atoms with Gasteiger partial charge in [-0.05, 0) is 75.2 Å². The first-order valence-corrected chi connectivity index (χ1v) is 10.8. The van der Waals surface area contributed by atoms with Crippen LogP contribution in [0.15, 0.2) is 23.1 Å². The number of carbonyl (C=O) groups excluding carboxylic acids is 4. The summed E-state index contributed by atoms with van der Waals surface area (Å²) < 4.78 is 5.35. The zero-order valence-corrected chi connectivity index (χ0v) is 18.5. The molecule has 1 aromatic carbocycles. The van der Waals surface area contributed by atoms with Crippen molar-refractivity contribution in [3.05, 3.63) is 34.2 Å². The Hall–Kier alpha value is -3.01. The molecule has 4 N–H and O–H groups in total. The molecule has 2 aliphatic rings. The van der Waals surface area contributed by atoms with Crippen molar-refractivity contribution >= 4 is 46.7 Å². The summed E-state index contributed by atoms with van der Waals surface area (Å²) in [6, 6.07) is 4.87. The van der Waals surface area contributed by atoms with Crippen LogP contribution in [-0.4, -0.2) is 47.9 Å². The van der Waals surface area contributed by atoms with Gasteiger partial charge in [-0.2, -0.15) is 0 Å². The Morgan fingerprint density at radius 1 is 1.32 bits per heavy atom. The van der Waals surface area contributed by atoms with Crippen LogP contribution >= 0.6 is 11.8 Å². The number of carbonyl (C=O) groups is 4. The third-order valence-electron chi connectivity index (χ3n) is 4.72. The van der Waals surface area contributed by atoms with Gasteiger partial charge in [0.05, 0.1) is 4.91 Å². The van der Waals surface area contributed by atoms with Crippen LogP contribution in [0.5, 0.6) is 0 Å². The summed E-state index contributed by atoms with van der Waals surface area (Å²) in [5.74, 6) is -1.07. The van der Waals surface area contributed by atoms with Gasteiger partial charge in [-0.1, -0.05) is 0 Å². The van der Waals surface area contributed by atoms with Gasteiger partial charge in [0, 0.05) is 30.4 Å². The van der Waals surface area contributed by atoms with Crippen LogP contribution in [-0.2, 0) is 9.53 Å². The largest absolute Gasteiger partial charge is 0.444 e. The second kappa shape index (κ2) is 9.01. The second-order valence-electron chi connectivity index (χ2n) is 8.42. The van der Waals surface area contributed by atoms with Crippen LogP contribution in [0.4, 0.5) is 15.3 Å². The number of anilines is 1. The smallest absolute Gasteiger partial charge is 0.407 e. The van der Waals surface area contributed by atoms with E-state index >= 15 is 0 Å². The van der Waals surface area contributed by atoms with E-state index in [1.165, 1.54) is 0 Å². The molecule has 1 aromatic rings. The van der Waals surface area contributed by atoms with Crippen molar-refractivity contribution in [3.8, 4) is 0 Å². The standard InChI is InChI=1S/C21H26N4O5S/c1-21(2,3)30-19(28)23-14-5-4-8-25(11-14)15-7-6-12(17(22)26)9-13(15)10-16-18(27)24-20(29)31-16/h6-7,9-10,14H,4-5,8,11H2,1-3H3,(H2,22,26)(H,23,28)(H,24,27,29)/b16-10-/t14-/m0/s1. The van der Waals surface area contributed by atoms with E-state index in [2.05, 4.69) is 15.5 Å². The van der Waals surface area contributed by atoms with E-state index in [0.29, 0.717) is 17.7 Å². The molecule has 4 amide bonds. The SMILES string of the molecule is CC(C)(C)OC(=O)N[C@H]1CCCN(c2ccc(C(N)=O)cc2/C=C2\SC(=O)NC2=O)C1. The lowest BCUT2D eigenvalue weighted by Gasteiger charge is -2.36. The van der Waals surface area contributed by atoms with Crippen LogP contribution in [0.1, 0.15) is 49.5 Å². The number of hydrogen-bond acceptors (Lipinski definition) is 7. The molecule has 166 valence electrons. The van der Waals surface area contributed by atoms with E-state index < -0.39 is 28.7 Å². The zero-order valence-electron chi connectivity index (χ0n) is 17.7. The zero-order chi connectivity index (χ0) is 22.8. The summed E-state index contributed by atoms with van der Waals surface area (Å²) >= 11 is 0.806. The molecule has 0 aliphatic carbocycles. The maximum absolute atomic E-state index is 12.2. The molecule has 0 radical (unpaired) electrons. The quantitative estimate of drug-likeness (QED) is 0.606. The molecule has 2 aliphatic heterocycles. The number of ether oxygens (including phenoxy) is 1. The van der Waals surface area contributed by atoms with Gasteiger partial charge in [0.15, 0.2) is 0 Å². The summed E-state index contributed by atoms with van der Waals surface area (Å²) in [6.45, 7) is 6.69. The van der Waals surface area contributed by atoms with Crippen molar-refractivity contribution in [3.63, 3.8) is 0 Å². The van der Waals surface area contributed by atoms with Crippen LogP contribution in [0, 0.1) is 0 Å². The monoisotopic (exact) mass is 446 g/mol. The Balaban J connectivity index is 1.84. The van der Waals surface area contributed by atoms with Gasteiger partial charge in [0.25, 0.3) is 11.1 Å². The van der Waals surface area contributed by atoms with Crippen molar-refractivity contribution < 1.29 is 23.9 Å². The van der Waals surface area contributed by atoms with Crippen LogP contribution in [0.3, 0.4) is 0 Å². The molecule has 1 atom stereocenters. The fourth-order valence-corrected chi connectivity index (χ4v) is 4.13. The molecule has 3 rings (SSSR count). The van der Waals surface area contributed by atoms with Crippen molar-refractivity contribution in [1.82, 2.24) is 10.6 Å². The Morgan fingerprint density at radius 2 is 2.06 bits per heavy atom. The summed E-state index contributed by atoms with van der Waals surface area (Å²) in [7, 11) is 0. The Labute approximate surface area is 184 Å². The van der Waals surface area contributed by atoms with Gasteiger partial charge < -0.3 is 20.7 Å². The lowest BCUT2D eigenvalue weighted by molar-refractivity contribution is -0.115. The van der Waals surface area contributed by atoms with Crippen LogP contribution < -0.4 is 21.3 Å². The number of thioether (sulfide) groups is 1. The van der Waals surface area contributed by atoms with Crippen molar-refractivity contribution in [2.45, 2.75) is 45.3 Å². The minimum atomic E-state index is -0.589. The van der Waals surface area contributed by atoms with E-state index in [4.69, 9.17) is 10.5 Å². The minimum Gasteiger partial charge on any atom is -0.444 e. The van der Waals surface area contributed by atoms with Gasteiger partial charge in [-0.15, -0.1) is 0 Å². The molecule has 2 heterocycles. The van der Waals surface area contributed by atoms with Gasteiger partial charge in [0.1, 0.15) is 5.60 Å². The number of imide groups is 1. The van der Waals surface area contributed by atoms with Gasteiger partial charge in [-0.3, -0.25) is 19.7 Å². The minimum absolute atomic E-state index is 0.120. The molecule has 0 spiro atoms. The highest BCUT2D eigenvalue weighted by atomic mass is 32.2. The normalized spacial score (nSPS) is 20.5. The first-order chi connectivity index (χ1) is 14.5. The van der Waals surface area contributed by atoms with Crippen molar-refractivity contribution in [2.24, 2.45) is 5.73 Å². The maximum Gasteiger partial charge on any atom is 0.407 e. The number of amides is 4. The van der Waals surface area contributed by atoms with Gasteiger partial charge in [-0.25, -0.2) is 4.79 Å². The van der Waals surface area contributed by atoms with E-state index in [1.54, 1.807) is 24.3 Å². The summed E-state index contributed by atoms with van der Waals surface area (Å²) in [6.07, 6.45) is 2.75. The predicted molar refractivity (Wildman–Crippen MR) is 119 cm³/mol. The molecule has 0 unspecified atom stereocenters. The van der Waals surface area contributed by atoms with E-state index in [0.717, 1.165) is 36.8 Å². The molecule has 2 saturated heterocycles. The number of primary amides is 1. The van der Waals surface area contributed by atoms with E-state index in [1.807, 2.05) is 20.8 Å². The Kier molecular flexibility index (Phi) is 6.59. The van der Waals surface area contributed by atoms with Crippen LogP contribution in [0.2, 0.25) is 0 Å². The van der Waals surface area contributed by atoms with Gasteiger partial charge in [0.2, 0.25) is 5.91 Å². The summed E-state index contributed by atoms with van der Waals surface area (Å²) in [5.41, 5.74) is 6.51. The third kappa shape index (κ3) is 6.00. The molecule has 2 fully saturated rings. The number of hydrogen-bond donors (Lipinski definition) is 3. The number of nitrogens with zero attached hydrogens (tertiary/aromatic N) is 1. The molecular weight excluding hydrogens is 420 g/mol. The van der Waals surface area contributed by atoms with Gasteiger partial charge >= 0.3 is 6.09 Å². The van der Waals surface area contributed by atoms with E-state index in [9.17, 15) is 19.2 Å². The fourth-order valence-electron chi connectivity index (χ4n) is 3.46. The Bertz CT molecular complexity index is 954. The summed E-state index contributed by atoms with van der Waals surface area (Å²) in [5, 5.41) is 4.68. The number of alkyl carbamates (subject to hydrolysis) is 1. The Morgan fingerprint density at radius 3 is 2.68 bits per heavy atom. The van der Waals surface area contributed by atoms with Crippen molar-refractivity contribution in [1.29, 1.82) is 0 Å². The number of benzene rings is 1. The highest BCUT2D eigenvalue weighted by molar-refractivity contribution is 8.18. The highest BCUT2D eigenvalue weighted by Crippen LogP contribution is 2.31. The van der Waals surface area contributed by atoms with Crippen molar-refractivity contribution in [2.75, 3.05) is 18.0 Å². The van der Waals surface area contributed by atoms with Crippen LogP contribution in [0.25, 0.3) is 6.08 Å². The molecule has 0 aromatic heterocycles. The fraction of sp³-hybridized carbons (Fsp3) is 0.429. The van der Waals surface area contributed by atoms with E-state index in [-0.39, 0.29) is 10.9 Å². The number of rotatable bonds is 4. The number of nitrogens with two attached hydrogens (primary N) is 1. The predicted octanol–water partition coefficient (Wildman–Crippen LogP) is 2.60. The summed E-state index contributed by atoms with van der Waals surface area (Å²) in [4.78, 5) is 49.7. The lowest BCUT2D eigenvalue weighted by Crippen LogP contribution is -2.49. The topological polar surface area (TPSA) is 131 Å². The number of nitrogens with one attached hydrogen (secondary N) is 2. The number of piperidine rings is 1. The first kappa shape index (κ1) is 22.7. The molecule has 0 bridgehead atoms.